The summed E-state index contributed by atoms with van der Waals surface area (Å²) in [4.78, 5) is 19.3. The van der Waals surface area contributed by atoms with Crippen LogP contribution in [-0.2, 0) is 4.74 Å². The minimum absolute atomic E-state index is 0.216. The molecule has 0 radical (unpaired) electrons. The standard InChI is InChI=1S/C20H23N3O3/c1-13(23-19(24)26-20(2,3)4)17-12-22-18-8-7-14(10-16(17)18)25-15-6-5-9-21-11-15/h5-13,22H,1-4H3,(H,23,24). The number of hydrogen-bond donors (Lipinski definition) is 2. The molecule has 136 valence electrons. The van der Waals surface area contributed by atoms with Crippen LogP contribution in [0.5, 0.6) is 11.5 Å². The SMILES string of the molecule is CC(NC(=O)OC(C)(C)C)c1c[nH]c2ccc(Oc3cccnc3)cc12. The Morgan fingerprint density at radius 2 is 2.04 bits per heavy atom. The molecule has 0 spiro atoms. The molecule has 0 bridgehead atoms. The smallest absolute Gasteiger partial charge is 0.408 e. The van der Waals surface area contributed by atoms with Crippen molar-refractivity contribution in [2.45, 2.75) is 39.3 Å². The van der Waals surface area contributed by atoms with E-state index in [9.17, 15) is 4.79 Å². The summed E-state index contributed by atoms with van der Waals surface area (Å²) < 4.78 is 11.2. The number of ether oxygens (including phenoxy) is 2. The van der Waals surface area contributed by atoms with Crippen molar-refractivity contribution in [3.8, 4) is 11.5 Å². The Hall–Kier alpha value is -3.02. The van der Waals surface area contributed by atoms with Crippen molar-refractivity contribution >= 4 is 17.0 Å². The fourth-order valence-electron chi connectivity index (χ4n) is 2.65. The summed E-state index contributed by atoms with van der Waals surface area (Å²) >= 11 is 0. The van der Waals surface area contributed by atoms with Gasteiger partial charge in [0.2, 0.25) is 0 Å². The fourth-order valence-corrected chi connectivity index (χ4v) is 2.65. The van der Waals surface area contributed by atoms with Crippen molar-refractivity contribution in [3.05, 3.63) is 54.5 Å². The molecule has 2 heterocycles. The molecule has 1 amide bonds. The van der Waals surface area contributed by atoms with Gasteiger partial charge in [-0.15, -0.1) is 0 Å². The Bertz CT molecular complexity index is 898. The van der Waals surface area contributed by atoms with Gasteiger partial charge in [0, 0.05) is 23.3 Å². The van der Waals surface area contributed by atoms with E-state index in [1.165, 1.54) is 0 Å². The van der Waals surface area contributed by atoms with E-state index in [0.29, 0.717) is 11.5 Å². The normalized spacial score (nSPS) is 12.6. The van der Waals surface area contributed by atoms with Crippen molar-refractivity contribution in [3.63, 3.8) is 0 Å². The average molecular weight is 353 g/mol. The van der Waals surface area contributed by atoms with E-state index in [1.807, 2.05) is 64.2 Å². The van der Waals surface area contributed by atoms with Gasteiger partial charge in [-0.3, -0.25) is 4.98 Å². The number of pyridine rings is 1. The number of nitrogens with one attached hydrogen (secondary N) is 2. The van der Waals surface area contributed by atoms with Gasteiger partial charge in [-0.25, -0.2) is 4.79 Å². The summed E-state index contributed by atoms with van der Waals surface area (Å²) in [5.74, 6) is 1.37. The maximum atomic E-state index is 12.0. The molecule has 0 aliphatic heterocycles. The van der Waals surface area contributed by atoms with Crippen molar-refractivity contribution in [2.24, 2.45) is 0 Å². The van der Waals surface area contributed by atoms with Crippen molar-refractivity contribution < 1.29 is 14.3 Å². The number of rotatable bonds is 4. The molecule has 6 nitrogen and oxygen atoms in total. The largest absolute Gasteiger partial charge is 0.456 e. The Labute approximate surface area is 152 Å². The molecule has 0 fully saturated rings. The van der Waals surface area contributed by atoms with Gasteiger partial charge in [-0.05, 0) is 63.6 Å². The van der Waals surface area contributed by atoms with E-state index in [-0.39, 0.29) is 6.04 Å². The fraction of sp³-hybridized carbons (Fsp3) is 0.300. The topological polar surface area (TPSA) is 76.2 Å². The summed E-state index contributed by atoms with van der Waals surface area (Å²) in [6.07, 6.45) is 4.81. The van der Waals surface area contributed by atoms with Gasteiger partial charge in [0.1, 0.15) is 17.1 Å². The first-order valence-corrected chi connectivity index (χ1v) is 8.50. The number of hydrogen-bond acceptors (Lipinski definition) is 4. The highest BCUT2D eigenvalue weighted by atomic mass is 16.6. The number of carbonyl (C=O) groups is 1. The van der Waals surface area contributed by atoms with Gasteiger partial charge in [0.15, 0.2) is 0 Å². The molecule has 1 aromatic carbocycles. The van der Waals surface area contributed by atoms with E-state index < -0.39 is 11.7 Å². The predicted octanol–water partition coefficient (Wildman–Crippen LogP) is 4.94. The number of alkyl carbamates (subject to hydrolysis) is 1. The van der Waals surface area contributed by atoms with E-state index in [4.69, 9.17) is 9.47 Å². The van der Waals surface area contributed by atoms with Crippen molar-refractivity contribution in [1.82, 2.24) is 15.3 Å². The third-order valence-electron chi connectivity index (χ3n) is 3.76. The highest BCUT2D eigenvalue weighted by Gasteiger charge is 2.20. The van der Waals surface area contributed by atoms with Crippen LogP contribution in [0.4, 0.5) is 4.79 Å². The third-order valence-corrected chi connectivity index (χ3v) is 3.76. The van der Waals surface area contributed by atoms with Crippen LogP contribution in [0.3, 0.4) is 0 Å². The summed E-state index contributed by atoms with van der Waals surface area (Å²) in [6.45, 7) is 7.43. The van der Waals surface area contributed by atoms with Crippen LogP contribution in [-0.4, -0.2) is 21.7 Å². The molecule has 0 saturated heterocycles. The number of amides is 1. The van der Waals surface area contributed by atoms with Gasteiger partial charge in [0.05, 0.1) is 12.2 Å². The zero-order chi connectivity index (χ0) is 18.7. The zero-order valence-corrected chi connectivity index (χ0v) is 15.4. The minimum atomic E-state index is -0.533. The molecule has 6 heteroatoms. The lowest BCUT2D eigenvalue weighted by Crippen LogP contribution is -2.33. The number of benzene rings is 1. The maximum Gasteiger partial charge on any atom is 0.408 e. The number of nitrogens with zero attached hydrogens (tertiary/aromatic N) is 1. The quantitative estimate of drug-likeness (QED) is 0.696. The molecule has 26 heavy (non-hydrogen) atoms. The zero-order valence-electron chi connectivity index (χ0n) is 15.4. The van der Waals surface area contributed by atoms with E-state index in [2.05, 4.69) is 15.3 Å². The average Bonchev–Trinajstić information content (AvgIpc) is 2.97. The van der Waals surface area contributed by atoms with Crippen LogP contribution < -0.4 is 10.1 Å². The molecule has 3 rings (SSSR count). The van der Waals surface area contributed by atoms with Crippen molar-refractivity contribution in [1.29, 1.82) is 0 Å². The molecular formula is C20H23N3O3. The lowest BCUT2D eigenvalue weighted by atomic mass is 10.1. The molecule has 0 aliphatic rings. The molecule has 1 unspecified atom stereocenters. The monoisotopic (exact) mass is 353 g/mol. The first kappa shape index (κ1) is 17.8. The van der Waals surface area contributed by atoms with Gasteiger partial charge < -0.3 is 19.8 Å². The molecule has 0 saturated carbocycles. The van der Waals surface area contributed by atoms with Crippen LogP contribution in [0.1, 0.15) is 39.3 Å². The Balaban J connectivity index is 1.80. The van der Waals surface area contributed by atoms with Gasteiger partial charge in [-0.1, -0.05) is 0 Å². The Kier molecular flexibility index (Phi) is 4.84. The predicted molar refractivity (Wildman–Crippen MR) is 100 cm³/mol. The Morgan fingerprint density at radius 1 is 1.23 bits per heavy atom. The van der Waals surface area contributed by atoms with E-state index >= 15 is 0 Å². The minimum Gasteiger partial charge on any atom is -0.456 e. The second-order valence-electron chi connectivity index (χ2n) is 7.11. The first-order valence-electron chi connectivity index (χ1n) is 8.50. The number of fused-ring (bicyclic) bond motifs is 1. The summed E-state index contributed by atoms with van der Waals surface area (Å²) in [5.41, 5.74) is 1.40. The third kappa shape index (κ3) is 4.33. The molecule has 1 atom stereocenters. The lowest BCUT2D eigenvalue weighted by molar-refractivity contribution is 0.0508. The van der Waals surface area contributed by atoms with Gasteiger partial charge in [-0.2, -0.15) is 0 Å². The van der Waals surface area contributed by atoms with Crippen LogP contribution in [0.15, 0.2) is 48.9 Å². The molecule has 2 N–H and O–H groups in total. The summed E-state index contributed by atoms with van der Waals surface area (Å²) in [6, 6.07) is 9.24. The highest BCUT2D eigenvalue weighted by molar-refractivity contribution is 5.85. The molecular weight excluding hydrogens is 330 g/mol. The first-order chi connectivity index (χ1) is 12.3. The van der Waals surface area contributed by atoms with E-state index in [0.717, 1.165) is 16.5 Å². The van der Waals surface area contributed by atoms with E-state index in [1.54, 1.807) is 12.4 Å². The number of aromatic amines is 1. The van der Waals surface area contributed by atoms with Gasteiger partial charge in [0.25, 0.3) is 0 Å². The lowest BCUT2D eigenvalue weighted by Gasteiger charge is -2.21. The van der Waals surface area contributed by atoms with Crippen LogP contribution in [0.2, 0.25) is 0 Å². The maximum absolute atomic E-state index is 12.0. The summed E-state index contributed by atoms with van der Waals surface area (Å²) in [7, 11) is 0. The van der Waals surface area contributed by atoms with Crippen molar-refractivity contribution in [2.75, 3.05) is 0 Å². The van der Waals surface area contributed by atoms with Crippen LogP contribution in [0.25, 0.3) is 10.9 Å². The van der Waals surface area contributed by atoms with Crippen LogP contribution in [0, 0.1) is 0 Å². The second kappa shape index (κ2) is 7.07. The van der Waals surface area contributed by atoms with Gasteiger partial charge >= 0.3 is 6.09 Å². The highest BCUT2D eigenvalue weighted by Crippen LogP contribution is 2.30. The Morgan fingerprint density at radius 3 is 2.73 bits per heavy atom. The number of carbonyl (C=O) groups excluding carboxylic acids is 1. The molecule has 2 aromatic heterocycles. The second-order valence-corrected chi connectivity index (χ2v) is 7.11. The number of H-pyrrole nitrogens is 1. The molecule has 0 aliphatic carbocycles. The number of aromatic nitrogens is 2. The molecule has 3 aromatic rings. The van der Waals surface area contributed by atoms with Crippen LogP contribution >= 0.6 is 0 Å². The summed E-state index contributed by atoms with van der Waals surface area (Å²) in [5, 5.41) is 3.85.